The first-order valence-electron chi connectivity index (χ1n) is 9.95. The van der Waals surface area contributed by atoms with Crippen molar-refractivity contribution in [3.05, 3.63) is 24.3 Å². The molecular weight excluding hydrogens is 342 g/mol. The molecular formula is C20H31N5O2. The molecule has 2 aliphatic rings. The number of morpholine rings is 1. The maximum atomic E-state index is 9.89. The molecule has 2 aromatic rings. The second-order valence-electron chi connectivity index (χ2n) is 8.19. The predicted octanol–water partition coefficient (Wildman–Crippen LogP) is 1.57. The number of hydrogen-bond donors (Lipinski definition) is 1. The van der Waals surface area contributed by atoms with Crippen molar-refractivity contribution in [3.8, 4) is 0 Å². The standard InChI is InChI=1S/C20H31N5O2/c1-20(2,14-26)24-15-23(9-5-8-22-10-12-27-13-11-22)19-21-17-6-3-4-7-18(17)25(19)16-24/h3-4,6-7,26H,5,8-16H2,1-2H3. The van der Waals surface area contributed by atoms with Crippen LogP contribution >= 0.6 is 0 Å². The van der Waals surface area contributed by atoms with Crippen LogP contribution in [0.1, 0.15) is 20.3 Å². The van der Waals surface area contributed by atoms with E-state index in [4.69, 9.17) is 9.72 Å². The van der Waals surface area contributed by atoms with Gasteiger partial charge in [0.25, 0.3) is 0 Å². The van der Waals surface area contributed by atoms with Gasteiger partial charge in [-0.1, -0.05) is 12.1 Å². The van der Waals surface area contributed by atoms with Crippen LogP contribution in [-0.4, -0.2) is 82.7 Å². The minimum atomic E-state index is -0.272. The van der Waals surface area contributed by atoms with Gasteiger partial charge in [-0.2, -0.15) is 0 Å². The molecule has 2 aliphatic heterocycles. The van der Waals surface area contributed by atoms with Gasteiger partial charge in [0.2, 0.25) is 5.95 Å². The molecule has 1 N–H and O–H groups in total. The Morgan fingerprint density at radius 2 is 1.89 bits per heavy atom. The van der Waals surface area contributed by atoms with Gasteiger partial charge in [-0.3, -0.25) is 14.4 Å². The fourth-order valence-corrected chi connectivity index (χ4v) is 3.89. The van der Waals surface area contributed by atoms with Crippen LogP contribution < -0.4 is 4.90 Å². The average molecular weight is 374 g/mol. The SMILES string of the molecule is CC(C)(CO)N1CN(CCCN2CCOCC2)c2nc3ccccc3n2C1. The smallest absolute Gasteiger partial charge is 0.208 e. The normalized spacial score (nSPS) is 19.6. The Balaban J connectivity index is 1.54. The molecule has 0 unspecified atom stereocenters. The van der Waals surface area contributed by atoms with Crippen molar-refractivity contribution >= 4 is 17.0 Å². The summed E-state index contributed by atoms with van der Waals surface area (Å²) < 4.78 is 7.73. The van der Waals surface area contributed by atoms with Gasteiger partial charge >= 0.3 is 0 Å². The Morgan fingerprint density at radius 3 is 2.67 bits per heavy atom. The van der Waals surface area contributed by atoms with E-state index in [2.05, 4.69) is 51.3 Å². The highest BCUT2D eigenvalue weighted by atomic mass is 16.5. The molecule has 1 fully saturated rings. The summed E-state index contributed by atoms with van der Waals surface area (Å²) in [6.45, 7) is 11.7. The number of benzene rings is 1. The topological polar surface area (TPSA) is 57.0 Å². The Hall–Kier alpha value is -1.67. The highest BCUT2D eigenvalue weighted by Crippen LogP contribution is 2.30. The first-order chi connectivity index (χ1) is 13.1. The highest BCUT2D eigenvalue weighted by Gasteiger charge is 2.34. The molecule has 27 heavy (non-hydrogen) atoms. The zero-order valence-electron chi connectivity index (χ0n) is 16.5. The lowest BCUT2D eigenvalue weighted by Gasteiger charge is -2.44. The molecule has 0 atom stereocenters. The molecule has 0 aliphatic carbocycles. The fraction of sp³-hybridized carbons (Fsp3) is 0.650. The molecule has 1 saturated heterocycles. The monoisotopic (exact) mass is 373 g/mol. The van der Waals surface area contributed by atoms with Crippen LogP contribution in [0.3, 0.4) is 0 Å². The third kappa shape index (κ3) is 3.82. The summed E-state index contributed by atoms with van der Waals surface area (Å²) in [4.78, 5) is 12.1. The van der Waals surface area contributed by atoms with E-state index in [-0.39, 0.29) is 12.1 Å². The van der Waals surface area contributed by atoms with Gasteiger partial charge < -0.3 is 14.7 Å². The first-order valence-corrected chi connectivity index (χ1v) is 9.95. The number of ether oxygens (including phenoxy) is 1. The molecule has 0 radical (unpaired) electrons. The number of rotatable bonds is 6. The van der Waals surface area contributed by atoms with Crippen LogP contribution in [0.2, 0.25) is 0 Å². The van der Waals surface area contributed by atoms with Gasteiger partial charge in [-0.15, -0.1) is 0 Å². The Bertz CT molecular complexity index is 769. The molecule has 0 bridgehead atoms. The van der Waals surface area contributed by atoms with E-state index >= 15 is 0 Å². The highest BCUT2D eigenvalue weighted by molar-refractivity contribution is 5.79. The summed E-state index contributed by atoms with van der Waals surface area (Å²) in [5.41, 5.74) is 1.92. The lowest BCUT2D eigenvalue weighted by Crippen LogP contribution is -2.55. The molecule has 7 heteroatoms. The number of imidazole rings is 1. The number of aromatic nitrogens is 2. The number of para-hydroxylation sites is 2. The van der Waals surface area contributed by atoms with E-state index < -0.39 is 0 Å². The lowest BCUT2D eigenvalue weighted by atomic mass is 10.1. The van der Waals surface area contributed by atoms with Gasteiger partial charge in [0.05, 0.1) is 44.2 Å². The fourth-order valence-electron chi connectivity index (χ4n) is 3.89. The summed E-state index contributed by atoms with van der Waals surface area (Å²) in [7, 11) is 0. The zero-order valence-corrected chi connectivity index (χ0v) is 16.5. The number of fused-ring (bicyclic) bond motifs is 3. The molecule has 0 amide bonds. The van der Waals surface area contributed by atoms with E-state index in [9.17, 15) is 5.11 Å². The molecule has 1 aromatic heterocycles. The van der Waals surface area contributed by atoms with Crippen LogP contribution in [0.4, 0.5) is 5.95 Å². The summed E-state index contributed by atoms with van der Waals surface area (Å²) in [6.07, 6.45) is 1.09. The number of aliphatic hydroxyl groups is 1. The van der Waals surface area contributed by atoms with Crippen LogP contribution in [0, 0.1) is 0 Å². The van der Waals surface area contributed by atoms with E-state index in [1.807, 2.05) is 6.07 Å². The Kier molecular flexibility index (Phi) is 5.36. The van der Waals surface area contributed by atoms with Gasteiger partial charge in [-0.25, -0.2) is 4.98 Å². The van der Waals surface area contributed by atoms with E-state index in [0.29, 0.717) is 0 Å². The van der Waals surface area contributed by atoms with E-state index in [1.165, 1.54) is 0 Å². The van der Waals surface area contributed by atoms with Crippen molar-refractivity contribution in [2.45, 2.75) is 32.5 Å². The van der Waals surface area contributed by atoms with Gasteiger partial charge in [-0.05, 0) is 32.4 Å². The van der Waals surface area contributed by atoms with Crippen LogP contribution in [0.15, 0.2) is 24.3 Å². The van der Waals surface area contributed by atoms with Gasteiger partial charge in [0.15, 0.2) is 0 Å². The lowest BCUT2D eigenvalue weighted by molar-refractivity contribution is 0.0242. The summed E-state index contributed by atoms with van der Waals surface area (Å²) in [5, 5.41) is 9.89. The van der Waals surface area contributed by atoms with Crippen molar-refractivity contribution in [3.63, 3.8) is 0 Å². The molecule has 4 rings (SSSR count). The third-order valence-corrected chi connectivity index (χ3v) is 5.82. The number of hydrogen-bond acceptors (Lipinski definition) is 6. The third-order valence-electron chi connectivity index (χ3n) is 5.82. The molecule has 0 saturated carbocycles. The average Bonchev–Trinajstić information content (AvgIpc) is 3.08. The molecule has 1 aromatic carbocycles. The number of aliphatic hydroxyl groups excluding tert-OH is 1. The molecule has 7 nitrogen and oxygen atoms in total. The molecule has 3 heterocycles. The van der Waals surface area contributed by atoms with Gasteiger partial charge in [0, 0.05) is 31.7 Å². The minimum absolute atomic E-state index is 0.135. The number of nitrogens with zero attached hydrogens (tertiary/aromatic N) is 5. The second-order valence-corrected chi connectivity index (χ2v) is 8.19. The van der Waals surface area contributed by atoms with Crippen molar-refractivity contribution in [1.82, 2.24) is 19.4 Å². The predicted molar refractivity (Wildman–Crippen MR) is 107 cm³/mol. The molecule has 0 spiro atoms. The zero-order chi connectivity index (χ0) is 18.9. The minimum Gasteiger partial charge on any atom is -0.394 e. The Morgan fingerprint density at radius 1 is 1.11 bits per heavy atom. The van der Waals surface area contributed by atoms with Crippen LogP contribution in [-0.2, 0) is 11.4 Å². The Labute approximate surface area is 161 Å². The number of anilines is 1. The van der Waals surface area contributed by atoms with Crippen molar-refractivity contribution in [2.75, 3.05) is 57.6 Å². The maximum Gasteiger partial charge on any atom is 0.208 e. The van der Waals surface area contributed by atoms with Crippen molar-refractivity contribution in [1.29, 1.82) is 0 Å². The molecule has 148 valence electrons. The first kappa shape index (κ1) is 18.7. The second kappa shape index (κ2) is 7.75. The quantitative estimate of drug-likeness (QED) is 0.830. The van der Waals surface area contributed by atoms with Crippen molar-refractivity contribution in [2.24, 2.45) is 0 Å². The summed E-state index contributed by atoms with van der Waals surface area (Å²) in [6, 6.07) is 8.32. The van der Waals surface area contributed by atoms with Crippen LogP contribution in [0.25, 0.3) is 11.0 Å². The summed E-state index contributed by atoms with van der Waals surface area (Å²) >= 11 is 0. The van der Waals surface area contributed by atoms with E-state index in [0.717, 1.165) is 76.1 Å². The maximum absolute atomic E-state index is 9.89. The van der Waals surface area contributed by atoms with Crippen molar-refractivity contribution < 1.29 is 9.84 Å². The largest absolute Gasteiger partial charge is 0.394 e. The summed E-state index contributed by atoms with van der Waals surface area (Å²) in [5.74, 6) is 1.04. The van der Waals surface area contributed by atoms with Crippen LogP contribution in [0.5, 0.6) is 0 Å². The van der Waals surface area contributed by atoms with Gasteiger partial charge in [0.1, 0.15) is 0 Å². The van der Waals surface area contributed by atoms with E-state index in [1.54, 1.807) is 0 Å².